The van der Waals surface area contributed by atoms with E-state index >= 15 is 0 Å². The number of carbonyl (C=O) groups excluding carboxylic acids is 1. The largest absolute Gasteiger partial charge is 0.497 e. The molecule has 1 amide bonds. The van der Waals surface area contributed by atoms with Crippen LogP contribution in [0, 0.1) is 17.7 Å². The van der Waals surface area contributed by atoms with E-state index in [-0.39, 0.29) is 11.5 Å². The average Bonchev–Trinajstić information content (AvgIpc) is 2.46. The maximum absolute atomic E-state index is 13.8. The third kappa shape index (κ3) is 3.48. The first-order valence-corrected chi connectivity index (χ1v) is 6.94. The molecule has 20 heavy (non-hydrogen) atoms. The Bertz CT molecular complexity index is 479. The van der Waals surface area contributed by atoms with E-state index in [2.05, 4.69) is 17.6 Å². The van der Waals surface area contributed by atoms with Gasteiger partial charge in [0.25, 0.3) is 5.91 Å². The number of amides is 1. The molecule has 4 nitrogen and oxygen atoms in total. The molecule has 0 spiro atoms. The minimum Gasteiger partial charge on any atom is -0.497 e. The van der Waals surface area contributed by atoms with E-state index in [1.165, 1.54) is 19.2 Å². The Hall–Kier alpha value is -1.62. The summed E-state index contributed by atoms with van der Waals surface area (Å²) >= 11 is 0. The molecule has 0 aromatic heterocycles. The molecule has 0 bridgehead atoms. The van der Waals surface area contributed by atoms with Crippen molar-refractivity contribution in [1.82, 2.24) is 10.6 Å². The van der Waals surface area contributed by atoms with Crippen molar-refractivity contribution in [3.63, 3.8) is 0 Å². The Kier molecular flexibility index (Phi) is 4.95. The molecule has 1 aromatic carbocycles. The van der Waals surface area contributed by atoms with E-state index in [1.54, 1.807) is 6.07 Å². The maximum Gasteiger partial charge on any atom is 0.254 e. The molecule has 5 heteroatoms. The van der Waals surface area contributed by atoms with Crippen LogP contribution in [0.2, 0.25) is 0 Å². The standard InChI is InChI=1S/C15H21FN2O2/c1-10-5-6-17-8-11(10)9-18-15(19)13-4-3-12(20-2)7-14(13)16/h3-4,7,10-11,17H,5-6,8-9H2,1-2H3,(H,18,19). The van der Waals surface area contributed by atoms with Crippen molar-refractivity contribution in [3.05, 3.63) is 29.6 Å². The quantitative estimate of drug-likeness (QED) is 0.884. The zero-order valence-corrected chi connectivity index (χ0v) is 11.9. The molecule has 1 heterocycles. The Balaban J connectivity index is 1.94. The summed E-state index contributed by atoms with van der Waals surface area (Å²) in [5, 5.41) is 6.13. The van der Waals surface area contributed by atoms with Crippen molar-refractivity contribution in [1.29, 1.82) is 0 Å². The Morgan fingerprint density at radius 3 is 3.00 bits per heavy atom. The molecular formula is C15H21FN2O2. The minimum absolute atomic E-state index is 0.0576. The van der Waals surface area contributed by atoms with Gasteiger partial charge in [-0.2, -0.15) is 0 Å². The van der Waals surface area contributed by atoms with Crippen molar-refractivity contribution < 1.29 is 13.9 Å². The second-order valence-electron chi connectivity index (χ2n) is 5.29. The van der Waals surface area contributed by atoms with Crippen molar-refractivity contribution in [2.45, 2.75) is 13.3 Å². The topological polar surface area (TPSA) is 50.4 Å². The molecule has 2 atom stereocenters. The van der Waals surface area contributed by atoms with E-state index in [0.717, 1.165) is 19.5 Å². The zero-order chi connectivity index (χ0) is 14.5. The zero-order valence-electron chi connectivity index (χ0n) is 11.9. The molecule has 1 aromatic rings. The monoisotopic (exact) mass is 280 g/mol. The highest BCUT2D eigenvalue weighted by Crippen LogP contribution is 2.19. The van der Waals surface area contributed by atoms with E-state index in [4.69, 9.17) is 4.74 Å². The Labute approximate surface area is 118 Å². The van der Waals surface area contributed by atoms with Gasteiger partial charge in [0.1, 0.15) is 11.6 Å². The molecule has 1 aliphatic rings. The molecular weight excluding hydrogens is 259 g/mol. The van der Waals surface area contributed by atoms with Crippen LogP contribution in [-0.4, -0.2) is 32.7 Å². The minimum atomic E-state index is -0.559. The highest BCUT2D eigenvalue weighted by atomic mass is 19.1. The van der Waals surface area contributed by atoms with Crippen LogP contribution >= 0.6 is 0 Å². The molecule has 1 saturated heterocycles. The first-order valence-electron chi connectivity index (χ1n) is 6.94. The van der Waals surface area contributed by atoms with Gasteiger partial charge in [0.2, 0.25) is 0 Å². The number of methoxy groups -OCH3 is 1. The molecule has 110 valence electrons. The van der Waals surface area contributed by atoms with Gasteiger partial charge in [0.05, 0.1) is 12.7 Å². The fourth-order valence-electron chi connectivity index (χ4n) is 2.45. The van der Waals surface area contributed by atoms with Crippen molar-refractivity contribution >= 4 is 5.91 Å². The molecule has 0 aliphatic carbocycles. The lowest BCUT2D eigenvalue weighted by Gasteiger charge is -2.29. The summed E-state index contributed by atoms with van der Waals surface area (Å²) in [5.74, 6) is 0.440. The van der Waals surface area contributed by atoms with Crippen LogP contribution in [0.4, 0.5) is 4.39 Å². The van der Waals surface area contributed by atoms with Crippen molar-refractivity contribution in [2.24, 2.45) is 11.8 Å². The number of ether oxygens (including phenoxy) is 1. The van der Waals surface area contributed by atoms with E-state index in [0.29, 0.717) is 24.1 Å². The van der Waals surface area contributed by atoms with Crippen LogP contribution in [0.15, 0.2) is 18.2 Å². The lowest BCUT2D eigenvalue weighted by molar-refractivity contribution is 0.0935. The number of rotatable bonds is 4. The lowest BCUT2D eigenvalue weighted by Crippen LogP contribution is -2.42. The number of hydrogen-bond donors (Lipinski definition) is 2. The second kappa shape index (κ2) is 6.70. The molecule has 2 unspecified atom stereocenters. The van der Waals surface area contributed by atoms with Crippen LogP contribution in [0.3, 0.4) is 0 Å². The molecule has 1 fully saturated rings. The molecule has 0 saturated carbocycles. The summed E-state index contributed by atoms with van der Waals surface area (Å²) in [6, 6.07) is 4.26. The van der Waals surface area contributed by atoms with Gasteiger partial charge in [-0.1, -0.05) is 6.92 Å². The van der Waals surface area contributed by atoms with Gasteiger partial charge in [-0.15, -0.1) is 0 Å². The number of hydrogen-bond acceptors (Lipinski definition) is 3. The van der Waals surface area contributed by atoms with Crippen LogP contribution in [-0.2, 0) is 0 Å². The van der Waals surface area contributed by atoms with E-state index < -0.39 is 5.82 Å². The highest BCUT2D eigenvalue weighted by molar-refractivity contribution is 5.94. The van der Waals surface area contributed by atoms with Gasteiger partial charge in [-0.3, -0.25) is 4.79 Å². The van der Waals surface area contributed by atoms with E-state index in [1.807, 2.05) is 0 Å². The van der Waals surface area contributed by atoms with Crippen LogP contribution in [0.5, 0.6) is 5.75 Å². The number of halogens is 1. The predicted octanol–water partition coefficient (Wildman–Crippen LogP) is 1.81. The van der Waals surface area contributed by atoms with Gasteiger partial charge in [0, 0.05) is 12.6 Å². The molecule has 2 rings (SSSR count). The summed E-state index contributed by atoms with van der Waals surface area (Å²) in [4.78, 5) is 12.0. The second-order valence-corrected chi connectivity index (χ2v) is 5.29. The average molecular weight is 280 g/mol. The summed E-state index contributed by atoms with van der Waals surface area (Å²) in [7, 11) is 1.46. The lowest BCUT2D eigenvalue weighted by atomic mass is 9.88. The fraction of sp³-hybridized carbons (Fsp3) is 0.533. The van der Waals surface area contributed by atoms with Crippen molar-refractivity contribution in [3.8, 4) is 5.75 Å². The SMILES string of the molecule is COc1ccc(C(=O)NCC2CNCCC2C)c(F)c1. The Morgan fingerprint density at radius 2 is 2.35 bits per heavy atom. The number of piperidine rings is 1. The third-order valence-electron chi connectivity index (χ3n) is 3.93. The van der Waals surface area contributed by atoms with Crippen LogP contribution in [0.1, 0.15) is 23.7 Å². The smallest absolute Gasteiger partial charge is 0.254 e. The third-order valence-corrected chi connectivity index (χ3v) is 3.93. The molecule has 2 N–H and O–H groups in total. The van der Waals surface area contributed by atoms with Gasteiger partial charge in [-0.25, -0.2) is 4.39 Å². The summed E-state index contributed by atoms with van der Waals surface area (Å²) in [6.07, 6.45) is 1.11. The van der Waals surface area contributed by atoms with Crippen LogP contribution < -0.4 is 15.4 Å². The van der Waals surface area contributed by atoms with Crippen LogP contribution in [0.25, 0.3) is 0 Å². The van der Waals surface area contributed by atoms with Crippen molar-refractivity contribution in [2.75, 3.05) is 26.7 Å². The van der Waals surface area contributed by atoms with Gasteiger partial charge >= 0.3 is 0 Å². The number of carbonyl (C=O) groups is 1. The molecule has 0 radical (unpaired) electrons. The number of nitrogens with one attached hydrogen (secondary N) is 2. The highest BCUT2D eigenvalue weighted by Gasteiger charge is 2.22. The first-order chi connectivity index (χ1) is 9.61. The van der Waals surface area contributed by atoms with Gasteiger partial charge in [0.15, 0.2) is 0 Å². The summed E-state index contributed by atoms with van der Waals surface area (Å²) < 4.78 is 18.7. The Morgan fingerprint density at radius 1 is 1.55 bits per heavy atom. The predicted molar refractivity (Wildman–Crippen MR) is 75.4 cm³/mol. The molecule has 1 aliphatic heterocycles. The number of benzene rings is 1. The normalized spacial score (nSPS) is 22.4. The van der Waals surface area contributed by atoms with Gasteiger partial charge in [-0.05, 0) is 43.5 Å². The summed E-state index contributed by atoms with van der Waals surface area (Å²) in [5.41, 5.74) is 0.0576. The van der Waals surface area contributed by atoms with E-state index in [9.17, 15) is 9.18 Å². The maximum atomic E-state index is 13.8. The fourth-order valence-corrected chi connectivity index (χ4v) is 2.45. The van der Waals surface area contributed by atoms with Gasteiger partial charge < -0.3 is 15.4 Å². The first kappa shape index (κ1) is 14.8. The summed E-state index contributed by atoms with van der Waals surface area (Å²) in [6.45, 7) is 4.68.